The molecule has 2 heterocycles. The number of nitrogens with zero attached hydrogens (tertiary/aromatic N) is 4. The third-order valence-corrected chi connectivity index (χ3v) is 5.33. The molecular formula is C17H19BrN4O7S. The molecule has 0 saturated carbocycles. The lowest BCUT2D eigenvalue weighted by atomic mass is 9.97. The molecule has 1 saturated heterocycles. The minimum atomic E-state index is -1.14. The minimum Gasteiger partial charge on any atom is -0.463 e. The number of esters is 3. The first-order valence-corrected chi connectivity index (χ1v) is 10.3. The van der Waals surface area contributed by atoms with Crippen molar-refractivity contribution in [3.63, 3.8) is 0 Å². The number of carbonyl (C=O) groups is 3. The van der Waals surface area contributed by atoms with E-state index in [1.807, 2.05) is 0 Å². The standard InChI is InChI=1S/C17H19BrN4O7S/c1-8(23)26-7-13-15(27-9(2)24)14(21-22-19)16(28-10(3)25)17(29-13)30-12-4-11(18)5-20-6-12/h4-6,13-17H,7H2,1-3H3/t13-,14+,15+,16-,17-/m1/s1. The van der Waals surface area contributed by atoms with Crippen LogP contribution in [0.4, 0.5) is 0 Å². The van der Waals surface area contributed by atoms with Crippen LogP contribution in [0.2, 0.25) is 0 Å². The summed E-state index contributed by atoms with van der Waals surface area (Å²) in [5.74, 6) is -1.87. The van der Waals surface area contributed by atoms with Gasteiger partial charge in [0.15, 0.2) is 0 Å². The van der Waals surface area contributed by atoms with Gasteiger partial charge in [0.25, 0.3) is 0 Å². The van der Waals surface area contributed by atoms with Crippen LogP contribution in [-0.2, 0) is 33.3 Å². The van der Waals surface area contributed by atoms with Gasteiger partial charge < -0.3 is 18.9 Å². The Morgan fingerprint density at radius 3 is 2.43 bits per heavy atom. The monoisotopic (exact) mass is 502 g/mol. The lowest BCUT2D eigenvalue weighted by Crippen LogP contribution is -2.59. The maximum Gasteiger partial charge on any atom is 0.303 e. The Labute approximate surface area is 184 Å². The SMILES string of the molecule is CC(=O)OC[C@H]1O[C@H](Sc2cncc(Br)c2)[C@H](OC(C)=O)[C@@H](N=[N+]=[N-])[C@H]1OC(C)=O. The van der Waals surface area contributed by atoms with E-state index < -0.39 is 47.7 Å². The second-order valence-corrected chi connectivity index (χ2v) is 8.23. The first-order valence-electron chi connectivity index (χ1n) is 8.66. The molecule has 1 aliphatic heterocycles. The molecule has 0 spiro atoms. The average Bonchev–Trinajstić information content (AvgIpc) is 2.64. The summed E-state index contributed by atoms with van der Waals surface area (Å²) in [7, 11) is 0. The molecule has 0 aliphatic carbocycles. The molecule has 30 heavy (non-hydrogen) atoms. The molecule has 0 unspecified atom stereocenters. The maximum absolute atomic E-state index is 11.7. The fraction of sp³-hybridized carbons (Fsp3) is 0.529. The van der Waals surface area contributed by atoms with Crippen molar-refractivity contribution in [3.8, 4) is 0 Å². The topological polar surface area (TPSA) is 150 Å². The van der Waals surface area contributed by atoms with Crippen molar-refractivity contribution in [1.29, 1.82) is 0 Å². The Kier molecular flexibility index (Phi) is 8.90. The highest BCUT2D eigenvalue weighted by Gasteiger charge is 2.50. The van der Waals surface area contributed by atoms with Gasteiger partial charge in [-0.15, -0.1) is 0 Å². The van der Waals surface area contributed by atoms with Crippen LogP contribution in [0.3, 0.4) is 0 Å². The van der Waals surface area contributed by atoms with Crippen LogP contribution in [0.15, 0.2) is 32.9 Å². The van der Waals surface area contributed by atoms with Crippen LogP contribution < -0.4 is 0 Å². The Morgan fingerprint density at radius 1 is 1.20 bits per heavy atom. The van der Waals surface area contributed by atoms with Crippen LogP contribution in [0, 0.1) is 0 Å². The van der Waals surface area contributed by atoms with E-state index in [0.717, 1.165) is 11.8 Å². The largest absolute Gasteiger partial charge is 0.463 e. The van der Waals surface area contributed by atoms with Crippen molar-refractivity contribution in [2.75, 3.05) is 6.61 Å². The second kappa shape index (κ2) is 11.2. The van der Waals surface area contributed by atoms with E-state index in [0.29, 0.717) is 9.37 Å². The molecule has 162 valence electrons. The van der Waals surface area contributed by atoms with Crippen LogP contribution in [-0.4, -0.2) is 59.3 Å². The number of hydrogen-bond donors (Lipinski definition) is 0. The quantitative estimate of drug-likeness (QED) is 0.180. The number of halogens is 1. The Bertz CT molecular complexity index is 851. The predicted molar refractivity (Wildman–Crippen MR) is 107 cm³/mol. The van der Waals surface area contributed by atoms with Gasteiger partial charge in [-0.25, -0.2) is 0 Å². The molecule has 11 nitrogen and oxygen atoms in total. The summed E-state index contributed by atoms with van der Waals surface area (Å²) in [4.78, 5) is 42.2. The lowest BCUT2D eigenvalue weighted by molar-refractivity contribution is -0.201. The van der Waals surface area contributed by atoms with Crippen molar-refractivity contribution >= 4 is 45.6 Å². The molecule has 5 atom stereocenters. The zero-order valence-electron chi connectivity index (χ0n) is 16.3. The number of aromatic nitrogens is 1. The summed E-state index contributed by atoms with van der Waals surface area (Å²) in [5.41, 5.74) is 8.20. The molecule has 1 aliphatic rings. The van der Waals surface area contributed by atoms with Gasteiger partial charge in [0.05, 0.1) is 0 Å². The van der Waals surface area contributed by atoms with Gasteiger partial charge in [-0.3, -0.25) is 19.4 Å². The van der Waals surface area contributed by atoms with Crippen molar-refractivity contribution < 1.29 is 33.3 Å². The van der Waals surface area contributed by atoms with Gasteiger partial charge in [0, 0.05) is 47.4 Å². The Morgan fingerprint density at radius 2 is 1.87 bits per heavy atom. The van der Waals surface area contributed by atoms with Crippen molar-refractivity contribution in [2.24, 2.45) is 5.11 Å². The lowest BCUT2D eigenvalue weighted by Gasteiger charge is -2.43. The van der Waals surface area contributed by atoms with E-state index in [9.17, 15) is 14.4 Å². The molecule has 1 aromatic heterocycles. The number of ether oxygens (including phenoxy) is 4. The van der Waals surface area contributed by atoms with Gasteiger partial charge >= 0.3 is 17.9 Å². The van der Waals surface area contributed by atoms with Crippen LogP contribution in [0.25, 0.3) is 10.4 Å². The molecule has 2 rings (SSSR count). The summed E-state index contributed by atoms with van der Waals surface area (Å²) in [6, 6.07) is 0.655. The number of hydrogen-bond acceptors (Lipinski definition) is 10. The number of azide groups is 1. The fourth-order valence-electron chi connectivity index (χ4n) is 2.76. The number of thioether (sulfide) groups is 1. The van der Waals surface area contributed by atoms with Crippen LogP contribution >= 0.6 is 27.7 Å². The second-order valence-electron chi connectivity index (χ2n) is 6.15. The third-order valence-electron chi connectivity index (χ3n) is 3.79. The first-order chi connectivity index (χ1) is 14.2. The molecule has 0 radical (unpaired) electrons. The van der Waals surface area contributed by atoms with E-state index in [1.165, 1.54) is 20.8 Å². The maximum atomic E-state index is 11.7. The van der Waals surface area contributed by atoms with Gasteiger partial charge in [0.1, 0.15) is 36.4 Å². The molecule has 0 N–H and O–H groups in total. The molecule has 0 amide bonds. The summed E-state index contributed by atoms with van der Waals surface area (Å²) >= 11 is 4.49. The van der Waals surface area contributed by atoms with Crippen molar-refractivity contribution in [1.82, 2.24) is 4.98 Å². The molecule has 0 aromatic carbocycles. The van der Waals surface area contributed by atoms with Gasteiger partial charge in [-0.05, 0) is 27.5 Å². The number of carbonyl (C=O) groups excluding carboxylic acids is 3. The Balaban J connectivity index is 2.43. The van der Waals surface area contributed by atoms with Gasteiger partial charge in [-0.1, -0.05) is 16.9 Å². The van der Waals surface area contributed by atoms with Gasteiger partial charge in [0.2, 0.25) is 0 Å². The molecule has 1 fully saturated rings. The summed E-state index contributed by atoms with van der Waals surface area (Å²) in [5, 5.41) is 3.71. The Hall–Kier alpha value is -2.34. The van der Waals surface area contributed by atoms with E-state index in [-0.39, 0.29) is 6.61 Å². The fourth-order valence-corrected chi connectivity index (χ4v) is 4.41. The van der Waals surface area contributed by atoms with Crippen LogP contribution in [0.1, 0.15) is 20.8 Å². The predicted octanol–water partition coefficient (Wildman–Crippen LogP) is 2.77. The average molecular weight is 503 g/mol. The number of pyridine rings is 1. The highest BCUT2D eigenvalue weighted by atomic mass is 79.9. The smallest absolute Gasteiger partial charge is 0.303 e. The van der Waals surface area contributed by atoms with Crippen molar-refractivity contribution in [3.05, 3.63) is 33.4 Å². The van der Waals surface area contributed by atoms with E-state index in [2.05, 4.69) is 30.9 Å². The first kappa shape index (κ1) is 23.9. The molecule has 1 aromatic rings. The van der Waals surface area contributed by atoms with Gasteiger partial charge in [-0.2, -0.15) is 0 Å². The normalized spacial score (nSPS) is 25.5. The summed E-state index contributed by atoms with van der Waals surface area (Å²) in [6.07, 6.45) is -0.0124. The van der Waals surface area contributed by atoms with E-state index >= 15 is 0 Å². The third kappa shape index (κ3) is 6.87. The summed E-state index contributed by atoms with van der Waals surface area (Å²) in [6.45, 7) is 3.33. The van der Waals surface area contributed by atoms with E-state index in [4.69, 9.17) is 24.5 Å². The molecule has 13 heteroatoms. The van der Waals surface area contributed by atoms with Crippen molar-refractivity contribution in [2.45, 2.75) is 55.5 Å². The highest BCUT2D eigenvalue weighted by molar-refractivity contribution is 9.10. The highest BCUT2D eigenvalue weighted by Crippen LogP contribution is 2.37. The number of rotatable bonds is 7. The molecular weight excluding hydrogens is 484 g/mol. The minimum absolute atomic E-state index is 0.259. The van der Waals surface area contributed by atoms with E-state index in [1.54, 1.807) is 18.5 Å². The zero-order chi connectivity index (χ0) is 22.3. The van der Waals surface area contributed by atoms with Crippen LogP contribution in [0.5, 0.6) is 0 Å². The zero-order valence-corrected chi connectivity index (χ0v) is 18.7. The summed E-state index contributed by atoms with van der Waals surface area (Å²) < 4.78 is 22.4. The molecule has 0 bridgehead atoms.